The molecule has 3 rings (SSSR count). The van der Waals surface area contributed by atoms with Gasteiger partial charge in [0.2, 0.25) is 0 Å². The first-order valence-electron chi connectivity index (χ1n) is 8.45. The van der Waals surface area contributed by atoms with Crippen LogP contribution in [-0.2, 0) is 10.0 Å². The van der Waals surface area contributed by atoms with Crippen molar-refractivity contribution in [3.63, 3.8) is 0 Å². The van der Waals surface area contributed by atoms with Crippen LogP contribution in [0.25, 0.3) is 0 Å². The lowest BCUT2D eigenvalue weighted by molar-refractivity contribution is 0.402. The maximum atomic E-state index is 12.8. The summed E-state index contributed by atoms with van der Waals surface area (Å²) in [7, 11) is -2.19. The number of anilines is 1. The van der Waals surface area contributed by atoms with E-state index < -0.39 is 10.0 Å². The molecule has 0 radical (unpaired) electrons. The van der Waals surface area contributed by atoms with Crippen LogP contribution in [0.4, 0.5) is 5.95 Å². The summed E-state index contributed by atoms with van der Waals surface area (Å²) in [5.41, 5.74) is 1.46. The molecule has 25 heavy (non-hydrogen) atoms. The maximum absolute atomic E-state index is 12.8. The Labute approximate surface area is 148 Å². The van der Waals surface area contributed by atoms with Gasteiger partial charge in [0.25, 0.3) is 16.0 Å². The average Bonchev–Trinajstić information content (AvgIpc) is 2.91. The fraction of sp³-hybridized carbons (Fsp3) is 0.529. The van der Waals surface area contributed by atoms with Crippen molar-refractivity contribution < 1.29 is 13.2 Å². The van der Waals surface area contributed by atoms with Crippen LogP contribution in [-0.4, -0.2) is 30.7 Å². The lowest BCUT2D eigenvalue weighted by Gasteiger charge is -2.22. The van der Waals surface area contributed by atoms with Crippen LogP contribution in [0.2, 0.25) is 0 Å². The molecule has 1 aliphatic carbocycles. The molecule has 1 aromatic heterocycles. The van der Waals surface area contributed by atoms with Crippen molar-refractivity contribution in [3.8, 4) is 5.75 Å². The first kappa shape index (κ1) is 17.7. The van der Waals surface area contributed by atoms with Crippen LogP contribution < -0.4 is 9.46 Å². The van der Waals surface area contributed by atoms with E-state index in [2.05, 4.69) is 19.9 Å². The molecule has 0 saturated heterocycles. The lowest BCUT2D eigenvalue weighted by atomic mass is 9.85. The molecule has 136 valence electrons. The van der Waals surface area contributed by atoms with Gasteiger partial charge in [-0.1, -0.05) is 20.3 Å². The topological polar surface area (TPSA) is 97.0 Å². The highest BCUT2D eigenvalue weighted by molar-refractivity contribution is 7.92. The number of aryl methyl sites for hydroxylation is 1. The summed E-state index contributed by atoms with van der Waals surface area (Å²) in [6.07, 6.45) is 3.31. The highest BCUT2D eigenvalue weighted by Crippen LogP contribution is 2.35. The van der Waals surface area contributed by atoms with Crippen LogP contribution >= 0.6 is 0 Å². The molecule has 0 bridgehead atoms. The minimum absolute atomic E-state index is 0.0863. The van der Waals surface area contributed by atoms with Gasteiger partial charge in [0.05, 0.1) is 12.0 Å². The highest BCUT2D eigenvalue weighted by atomic mass is 32.2. The number of nitrogens with one attached hydrogen (secondary N) is 2. The zero-order chi connectivity index (χ0) is 18.2. The van der Waals surface area contributed by atoms with Crippen LogP contribution in [0, 0.1) is 6.92 Å². The van der Waals surface area contributed by atoms with Crippen molar-refractivity contribution in [2.45, 2.75) is 56.8 Å². The van der Waals surface area contributed by atoms with E-state index in [0.717, 1.165) is 24.2 Å². The average molecular weight is 364 g/mol. The zero-order valence-corrected chi connectivity index (χ0v) is 15.8. The minimum atomic E-state index is -3.78. The first-order valence-corrected chi connectivity index (χ1v) is 9.93. The Bertz CT molecular complexity index is 870. The Morgan fingerprint density at radius 1 is 1.32 bits per heavy atom. The number of nitrogens with zero attached hydrogens (tertiary/aromatic N) is 2. The summed E-state index contributed by atoms with van der Waals surface area (Å²) in [5.74, 6) is 2.03. The predicted octanol–water partition coefficient (Wildman–Crippen LogP) is 3.31. The molecular formula is C17H24N4O3S. The van der Waals surface area contributed by atoms with Crippen molar-refractivity contribution in [3.05, 3.63) is 29.1 Å². The van der Waals surface area contributed by atoms with Crippen LogP contribution in [0.3, 0.4) is 0 Å². The van der Waals surface area contributed by atoms with Gasteiger partial charge in [0.15, 0.2) is 0 Å². The maximum Gasteiger partial charge on any atom is 0.264 e. The smallest absolute Gasteiger partial charge is 0.264 e. The van der Waals surface area contributed by atoms with Crippen molar-refractivity contribution in [1.82, 2.24) is 15.2 Å². The van der Waals surface area contributed by atoms with Gasteiger partial charge in [-0.25, -0.2) is 13.1 Å². The van der Waals surface area contributed by atoms with Crippen molar-refractivity contribution in [1.29, 1.82) is 0 Å². The summed E-state index contributed by atoms with van der Waals surface area (Å²) in [6.45, 7) is 5.74. The molecule has 7 nitrogen and oxygen atoms in total. The van der Waals surface area contributed by atoms with Crippen molar-refractivity contribution in [2.75, 3.05) is 11.8 Å². The summed E-state index contributed by atoms with van der Waals surface area (Å²) < 4.78 is 33.5. The highest BCUT2D eigenvalue weighted by Gasteiger charge is 2.26. The number of aromatic nitrogens is 3. The molecule has 0 aliphatic heterocycles. The van der Waals surface area contributed by atoms with Crippen LogP contribution in [0.1, 0.15) is 61.9 Å². The fourth-order valence-electron chi connectivity index (χ4n) is 2.95. The lowest BCUT2D eigenvalue weighted by Crippen LogP contribution is -2.16. The molecule has 0 amide bonds. The normalized spacial score (nSPS) is 15.2. The zero-order valence-electron chi connectivity index (χ0n) is 15.0. The van der Waals surface area contributed by atoms with E-state index in [1.54, 1.807) is 26.2 Å². The van der Waals surface area contributed by atoms with Gasteiger partial charge >= 0.3 is 0 Å². The van der Waals surface area contributed by atoms with Gasteiger partial charge in [-0.3, -0.25) is 5.10 Å². The van der Waals surface area contributed by atoms with Gasteiger partial charge in [-0.05, 0) is 48.9 Å². The minimum Gasteiger partial charge on any atom is -0.496 e. The van der Waals surface area contributed by atoms with E-state index in [0.29, 0.717) is 17.2 Å². The molecule has 1 aliphatic rings. The van der Waals surface area contributed by atoms with E-state index in [9.17, 15) is 8.42 Å². The van der Waals surface area contributed by atoms with E-state index in [1.165, 1.54) is 6.42 Å². The van der Waals surface area contributed by atoms with Gasteiger partial charge in [-0.15, -0.1) is 5.10 Å². The first-order chi connectivity index (χ1) is 11.8. The third kappa shape index (κ3) is 3.49. The molecule has 1 fully saturated rings. The third-order valence-corrected chi connectivity index (χ3v) is 6.13. The number of hydrogen-bond acceptors (Lipinski definition) is 5. The quantitative estimate of drug-likeness (QED) is 0.819. The largest absolute Gasteiger partial charge is 0.496 e. The Morgan fingerprint density at radius 2 is 2.04 bits per heavy atom. The van der Waals surface area contributed by atoms with Gasteiger partial charge in [-0.2, -0.15) is 4.98 Å². The number of rotatable bonds is 6. The second kappa shape index (κ2) is 6.67. The number of benzene rings is 1. The Balaban J connectivity index is 1.91. The Morgan fingerprint density at radius 3 is 2.60 bits per heavy atom. The number of hydrogen-bond donors (Lipinski definition) is 2. The monoisotopic (exact) mass is 364 g/mol. The number of H-pyrrole nitrogens is 1. The van der Waals surface area contributed by atoms with Crippen LogP contribution in [0.15, 0.2) is 17.0 Å². The molecule has 1 saturated carbocycles. The Kier molecular flexibility index (Phi) is 4.73. The van der Waals surface area contributed by atoms with Crippen LogP contribution in [0.5, 0.6) is 5.75 Å². The summed E-state index contributed by atoms with van der Waals surface area (Å²) >= 11 is 0. The molecule has 8 heteroatoms. The van der Waals surface area contributed by atoms with Gasteiger partial charge < -0.3 is 4.74 Å². The number of sulfonamides is 1. The molecule has 0 unspecified atom stereocenters. The predicted molar refractivity (Wildman–Crippen MR) is 95.6 cm³/mol. The molecule has 2 aromatic rings. The van der Waals surface area contributed by atoms with E-state index >= 15 is 0 Å². The van der Waals surface area contributed by atoms with E-state index in [1.807, 2.05) is 13.8 Å². The summed E-state index contributed by atoms with van der Waals surface area (Å²) in [4.78, 5) is 4.50. The van der Waals surface area contributed by atoms with E-state index in [4.69, 9.17) is 4.74 Å². The number of aromatic amines is 1. The Hall–Kier alpha value is -2.09. The van der Waals surface area contributed by atoms with Gasteiger partial charge in [0.1, 0.15) is 11.6 Å². The molecular weight excluding hydrogens is 340 g/mol. The third-order valence-electron chi connectivity index (χ3n) is 4.66. The second-order valence-corrected chi connectivity index (χ2v) is 8.44. The van der Waals surface area contributed by atoms with Crippen molar-refractivity contribution in [2.24, 2.45) is 0 Å². The fourth-order valence-corrected chi connectivity index (χ4v) is 4.16. The second-order valence-electron chi connectivity index (χ2n) is 6.79. The molecule has 1 heterocycles. The standard InChI is InChI=1S/C17H24N4O3S/c1-10(2)13-9-15(11(3)8-14(13)24-4)25(22,23)21-17-18-16(19-20-17)12-6-5-7-12/h8-10,12H,5-7H2,1-4H3,(H2,18,19,20,21). The van der Waals surface area contributed by atoms with Gasteiger partial charge in [0, 0.05) is 5.92 Å². The molecule has 0 atom stereocenters. The SMILES string of the molecule is COc1cc(C)c(S(=O)(=O)Nc2n[nH]c(C3CCC3)n2)cc1C(C)C. The number of ether oxygens (including phenoxy) is 1. The summed E-state index contributed by atoms with van der Waals surface area (Å²) in [5, 5.41) is 6.84. The number of methoxy groups -OCH3 is 1. The molecule has 2 N–H and O–H groups in total. The molecule has 0 spiro atoms. The van der Waals surface area contributed by atoms with Crippen molar-refractivity contribution >= 4 is 16.0 Å². The van der Waals surface area contributed by atoms with E-state index in [-0.39, 0.29) is 16.8 Å². The summed E-state index contributed by atoms with van der Waals surface area (Å²) in [6, 6.07) is 3.42. The molecule has 1 aromatic carbocycles.